The van der Waals surface area contributed by atoms with E-state index in [1.165, 1.54) is 11.1 Å². The van der Waals surface area contributed by atoms with Crippen LogP contribution in [0.2, 0.25) is 0 Å². The lowest BCUT2D eigenvalue weighted by Crippen LogP contribution is -1.90. The molecule has 1 nitrogen and oxygen atoms in total. The molecule has 0 fully saturated rings. The van der Waals surface area contributed by atoms with Crippen LogP contribution in [0, 0.1) is 0 Å². The van der Waals surface area contributed by atoms with E-state index >= 15 is 0 Å². The van der Waals surface area contributed by atoms with E-state index < -0.39 is 0 Å². The summed E-state index contributed by atoms with van der Waals surface area (Å²) in [7, 11) is 0. The van der Waals surface area contributed by atoms with Gasteiger partial charge in [-0.15, -0.1) is 0 Å². The van der Waals surface area contributed by atoms with E-state index in [4.69, 9.17) is 0 Å². The normalized spacial score (nSPS) is 9.65. The van der Waals surface area contributed by atoms with Crippen molar-refractivity contribution in [2.75, 3.05) is 0 Å². The molecule has 0 saturated heterocycles. The molecule has 0 saturated carbocycles. The summed E-state index contributed by atoms with van der Waals surface area (Å²) < 4.78 is 0. The second-order valence-corrected chi connectivity index (χ2v) is 4.04. The SMILES string of the molecule is S=C=Nc1ccc(CCc2ccccc2)cc1. The van der Waals surface area contributed by atoms with E-state index in [-0.39, 0.29) is 0 Å². The van der Waals surface area contributed by atoms with Gasteiger partial charge in [0.1, 0.15) is 0 Å². The number of aryl methyl sites for hydroxylation is 2. The molecule has 2 aromatic rings. The summed E-state index contributed by atoms with van der Waals surface area (Å²) in [6, 6.07) is 18.6. The third-order valence-corrected chi connectivity index (χ3v) is 2.75. The third-order valence-electron chi connectivity index (χ3n) is 2.66. The first-order chi connectivity index (χ1) is 8.38. The van der Waals surface area contributed by atoms with Crippen LogP contribution in [0.1, 0.15) is 11.1 Å². The number of benzene rings is 2. The Morgan fingerprint density at radius 2 is 1.41 bits per heavy atom. The van der Waals surface area contributed by atoms with E-state index in [2.05, 4.69) is 58.8 Å². The molecule has 0 unspecified atom stereocenters. The topological polar surface area (TPSA) is 12.4 Å². The van der Waals surface area contributed by atoms with Crippen LogP contribution in [0.15, 0.2) is 59.6 Å². The van der Waals surface area contributed by atoms with Gasteiger partial charge in [0, 0.05) is 0 Å². The van der Waals surface area contributed by atoms with Gasteiger partial charge < -0.3 is 0 Å². The van der Waals surface area contributed by atoms with Gasteiger partial charge in [-0.2, -0.15) is 4.99 Å². The van der Waals surface area contributed by atoms with Gasteiger partial charge in [0.2, 0.25) is 0 Å². The first-order valence-electron chi connectivity index (χ1n) is 5.59. The van der Waals surface area contributed by atoms with E-state index in [0.717, 1.165) is 18.5 Å². The highest BCUT2D eigenvalue weighted by atomic mass is 32.1. The van der Waals surface area contributed by atoms with Crippen molar-refractivity contribution in [1.82, 2.24) is 0 Å². The molecule has 0 amide bonds. The van der Waals surface area contributed by atoms with Gasteiger partial charge in [0.15, 0.2) is 0 Å². The van der Waals surface area contributed by atoms with Gasteiger partial charge in [-0.25, -0.2) is 0 Å². The largest absolute Gasteiger partial charge is 0.195 e. The fraction of sp³-hybridized carbons (Fsp3) is 0.133. The summed E-state index contributed by atoms with van der Waals surface area (Å²) in [4.78, 5) is 3.93. The van der Waals surface area contributed by atoms with Gasteiger partial charge in [-0.05, 0) is 48.3 Å². The molecule has 84 valence electrons. The molecule has 0 aliphatic heterocycles. The Morgan fingerprint density at radius 1 is 0.824 bits per heavy atom. The number of hydrogen-bond acceptors (Lipinski definition) is 2. The summed E-state index contributed by atoms with van der Waals surface area (Å²) in [5.74, 6) is 0. The summed E-state index contributed by atoms with van der Waals surface area (Å²) in [5, 5.41) is 2.37. The van der Waals surface area contributed by atoms with Crippen LogP contribution < -0.4 is 0 Å². The molecule has 2 rings (SSSR count). The third kappa shape index (κ3) is 3.63. The van der Waals surface area contributed by atoms with E-state index in [9.17, 15) is 0 Å². The van der Waals surface area contributed by atoms with Crippen molar-refractivity contribution in [2.45, 2.75) is 12.8 Å². The molecule has 2 aromatic carbocycles. The van der Waals surface area contributed by atoms with Gasteiger partial charge in [-0.1, -0.05) is 42.5 Å². The van der Waals surface area contributed by atoms with Crippen LogP contribution >= 0.6 is 12.2 Å². The number of nitrogens with zero attached hydrogens (tertiary/aromatic N) is 1. The van der Waals surface area contributed by atoms with Crippen LogP contribution in [0.25, 0.3) is 0 Å². The minimum absolute atomic E-state index is 0.864. The Bertz CT molecular complexity index is 510. The predicted molar refractivity (Wildman–Crippen MR) is 75.0 cm³/mol. The van der Waals surface area contributed by atoms with E-state index in [1.54, 1.807) is 0 Å². The molecule has 0 atom stereocenters. The summed E-state index contributed by atoms with van der Waals surface area (Å²) in [5.41, 5.74) is 3.55. The summed E-state index contributed by atoms with van der Waals surface area (Å²) in [6.07, 6.45) is 2.11. The average Bonchev–Trinajstić information content (AvgIpc) is 2.40. The fourth-order valence-electron chi connectivity index (χ4n) is 1.72. The molecule has 17 heavy (non-hydrogen) atoms. The van der Waals surface area contributed by atoms with Gasteiger partial charge in [0.05, 0.1) is 10.8 Å². The Labute approximate surface area is 107 Å². The molecule has 0 aromatic heterocycles. The molecule has 2 heteroatoms. The van der Waals surface area contributed by atoms with Crippen molar-refractivity contribution >= 4 is 23.1 Å². The molecule has 0 bridgehead atoms. The number of thiocarbonyl (C=S) groups is 1. The predicted octanol–water partition coefficient (Wildman–Crippen LogP) is 4.21. The molecule has 0 aliphatic carbocycles. The lowest BCUT2D eigenvalue weighted by Gasteiger charge is -2.02. The lowest BCUT2D eigenvalue weighted by molar-refractivity contribution is 0.960. The zero-order valence-corrected chi connectivity index (χ0v) is 10.3. The number of rotatable bonds is 4. The highest BCUT2D eigenvalue weighted by Crippen LogP contribution is 2.14. The van der Waals surface area contributed by atoms with Crippen molar-refractivity contribution in [2.24, 2.45) is 4.99 Å². The maximum absolute atomic E-state index is 4.57. The maximum atomic E-state index is 4.57. The molecule has 0 heterocycles. The Balaban J connectivity index is 1.98. The standard InChI is InChI=1S/C15H13NS/c17-12-16-15-10-8-14(9-11-15)7-6-13-4-2-1-3-5-13/h1-5,8-11H,6-7H2. The monoisotopic (exact) mass is 239 g/mol. The van der Waals surface area contributed by atoms with Crippen molar-refractivity contribution in [3.8, 4) is 0 Å². The summed E-state index contributed by atoms with van der Waals surface area (Å²) >= 11 is 4.57. The van der Waals surface area contributed by atoms with Crippen LogP contribution in [0.3, 0.4) is 0 Å². The minimum atomic E-state index is 0.864. The average molecular weight is 239 g/mol. The molecular weight excluding hydrogens is 226 g/mol. The number of aliphatic imine (C=N–C) groups is 1. The molecule has 0 spiro atoms. The second kappa shape index (κ2) is 6.09. The zero-order chi connectivity index (χ0) is 11.9. The molecule has 0 N–H and O–H groups in total. The Kier molecular flexibility index (Phi) is 4.20. The van der Waals surface area contributed by atoms with Crippen LogP contribution in [0.5, 0.6) is 0 Å². The van der Waals surface area contributed by atoms with E-state index in [0.29, 0.717) is 0 Å². The van der Waals surface area contributed by atoms with Crippen LogP contribution in [0.4, 0.5) is 5.69 Å². The highest BCUT2D eigenvalue weighted by Gasteiger charge is 1.95. The minimum Gasteiger partial charge on any atom is -0.195 e. The summed E-state index contributed by atoms with van der Waals surface area (Å²) in [6.45, 7) is 0. The maximum Gasteiger partial charge on any atom is 0.0739 e. The first-order valence-corrected chi connectivity index (χ1v) is 6.00. The highest BCUT2D eigenvalue weighted by molar-refractivity contribution is 7.78. The van der Waals surface area contributed by atoms with E-state index in [1.807, 2.05) is 18.2 Å². The van der Waals surface area contributed by atoms with Gasteiger partial charge in [-0.3, -0.25) is 0 Å². The molecule has 0 radical (unpaired) electrons. The fourth-order valence-corrected chi connectivity index (χ4v) is 1.83. The number of isothiocyanates is 1. The number of hydrogen-bond donors (Lipinski definition) is 0. The van der Waals surface area contributed by atoms with Crippen molar-refractivity contribution in [3.05, 3.63) is 65.7 Å². The van der Waals surface area contributed by atoms with Crippen molar-refractivity contribution < 1.29 is 0 Å². The molecular formula is C15H13NS. The second-order valence-electron chi connectivity index (χ2n) is 3.86. The quantitative estimate of drug-likeness (QED) is 0.575. The van der Waals surface area contributed by atoms with Gasteiger partial charge in [0.25, 0.3) is 0 Å². The lowest BCUT2D eigenvalue weighted by atomic mass is 10.0. The van der Waals surface area contributed by atoms with Gasteiger partial charge >= 0.3 is 0 Å². The Morgan fingerprint density at radius 3 is 2.00 bits per heavy atom. The Hall–Kier alpha value is -1.76. The smallest absolute Gasteiger partial charge is 0.0739 e. The van der Waals surface area contributed by atoms with Crippen molar-refractivity contribution in [1.29, 1.82) is 0 Å². The van der Waals surface area contributed by atoms with Crippen LogP contribution in [-0.2, 0) is 12.8 Å². The first kappa shape index (κ1) is 11.7. The molecule has 0 aliphatic rings. The van der Waals surface area contributed by atoms with Crippen LogP contribution in [-0.4, -0.2) is 5.16 Å². The zero-order valence-electron chi connectivity index (χ0n) is 9.47. The van der Waals surface area contributed by atoms with Crippen molar-refractivity contribution in [3.63, 3.8) is 0 Å².